The Morgan fingerprint density at radius 1 is 0.714 bits per heavy atom. The van der Waals surface area contributed by atoms with Gasteiger partial charge in [0, 0.05) is 0 Å². The Bertz CT molecular complexity index is 481. The van der Waals surface area contributed by atoms with E-state index < -0.39 is 0 Å². The molecule has 0 aromatic heterocycles. The van der Waals surface area contributed by atoms with Crippen LogP contribution < -0.4 is 4.74 Å². The van der Waals surface area contributed by atoms with Crippen molar-refractivity contribution in [1.29, 1.82) is 0 Å². The van der Waals surface area contributed by atoms with E-state index in [1.807, 2.05) is 24.3 Å². The topological polar surface area (TPSA) is 35.5 Å². The molecule has 0 atom stereocenters. The van der Waals surface area contributed by atoms with Crippen molar-refractivity contribution in [3.63, 3.8) is 0 Å². The fraction of sp³-hybridized carbons (Fsp3) is 0.720. The number of rotatable bonds is 18. The molecule has 0 N–H and O–H groups in total. The summed E-state index contributed by atoms with van der Waals surface area (Å²) in [4.78, 5) is 11.2. The SMILES string of the molecule is CCCCCCCCCCCCCCCCOc1ccc(CC(=O)OC)cc1. The molecule has 1 aromatic rings. The van der Waals surface area contributed by atoms with Crippen molar-refractivity contribution >= 4 is 5.97 Å². The average molecular weight is 391 g/mol. The molecule has 0 spiro atoms. The zero-order valence-corrected chi connectivity index (χ0v) is 18.3. The van der Waals surface area contributed by atoms with Crippen LogP contribution in [0.25, 0.3) is 0 Å². The minimum atomic E-state index is -0.212. The second-order valence-corrected chi connectivity index (χ2v) is 7.84. The van der Waals surface area contributed by atoms with Gasteiger partial charge < -0.3 is 9.47 Å². The highest BCUT2D eigenvalue weighted by molar-refractivity contribution is 5.72. The molecule has 3 heteroatoms. The lowest BCUT2D eigenvalue weighted by atomic mass is 10.0. The lowest BCUT2D eigenvalue weighted by Gasteiger charge is -2.07. The van der Waals surface area contributed by atoms with Gasteiger partial charge in [-0.2, -0.15) is 0 Å². The fourth-order valence-electron chi connectivity index (χ4n) is 3.43. The maximum absolute atomic E-state index is 11.2. The summed E-state index contributed by atoms with van der Waals surface area (Å²) in [5.41, 5.74) is 0.954. The lowest BCUT2D eigenvalue weighted by molar-refractivity contribution is -0.139. The van der Waals surface area contributed by atoms with Gasteiger partial charge in [-0.15, -0.1) is 0 Å². The van der Waals surface area contributed by atoms with E-state index in [0.717, 1.165) is 24.3 Å². The zero-order valence-electron chi connectivity index (χ0n) is 18.3. The van der Waals surface area contributed by atoms with Crippen LogP contribution in [0.4, 0.5) is 0 Å². The minimum Gasteiger partial charge on any atom is -0.494 e. The van der Waals surface area contributed by atoms with Crippen LogP contribution in [-0.2, 0) is 16.0 Å². The van der Waals surface area contributed by atoms with Gasteiger partial charge in [-0.05, 0) is 24.1 Å². The zero-order chi connectivity index (χ0) is 20.3. The number of methoxy groups -OCH3 is 1. The van der Waals surface area contributed by atoms with Crippen LogP contribution in [0.2, 0.25) is 0 Å². The molecule has 1 aromatic carbocycles. The van der Waals surface area contributed by atoms with Gasteiger partial charge in [0.05, 0.1) is 20.1 Å². The van der Waals surface area contributed by atoms with Gasteiger partial charge in [0.15, 0.2) is 0 Å². The molecule has 0 radical (unpaired) electrons. The van der Waals surface area contributed by atoms with Crippen molar-refractivity contribution in [2.45, 2.75) is 103 Å². The van der Waals surface area contributed by atoms with Crippen LogP contribution in [0.15, 0.2) is 24.3 Å². The number of hydrogen-bond acceptors (Lipinski definition) is 3. The van der Waals surface area contributed by atoms with E-state index in [4.69, 9.17) is 4.74 Å². The van der Waals surface area contributed by atoms with Crippen molar-refractivity contribution in [2.75, 3.05) is 13.7 Å². The highest BCUT2D eigenvalue weighted by Crippen LogP contribution is 2.15. The molecule has 28 heavy (non-hydrogen) atoms. The molecule has 0 heterocycles. The predicted octanol–water partition coefficient (Wildman–Crippen LogP) is 7.26. The van der Waals surface area contributed by atoms with Crippen LogP contribution >= 0.6 is 0 Å². The van der Waals surface area contributed by atoms with E-state index in [1.165, 1.54) is 90.6 Å². The van der Waals surface area contributed by atoms with Crippen molar-refractivity contribution in [3.05, 3.63) is 29.8 Å². The van der Waals surface area contributed by atoms with Crippen molar-refractivity contribution < 1.29 is 14.3 Å². The van der Waals surface area contributed by atoms with Crippen LogP contribution in [0.1, 0.15) is 102 Å². The Kier molecular flexibility index (Phi) is 15.4. The summed E-state index contributed by atoms with van der Waals surface area (Å²) in [6.45, 7) is 3.05. The first-order valence-corrected chi connectivity index (χ1v) is 11.5. The first-order chi connectivity index (χ1) is 13.8. The highest BCUT2D eigenvalue weighted by atomic mass is 16.5. The van der Waals surface area contributed by atoms with E-state index >= 15 is 0 Å². The van der Waals surface area contributed by atoms with Gasteiger partial charge in [0.2, 0.25) is 0 Å². The third kappa shape index (κ3) is 13.6. The lowest BCUT2D eigenvalue weighted by Crippen LogP contribution is -2.04. The second kappa shape index (κ2) is 17.6. The molecule has 1 rings (SSSR count). The maximum atomic E-state index is 11.2. The van der Waals surface area contributed by atoms with E-state index in [-0.39, 0.29) is 5.97 Å². The van der Waals surface area contributed by atoms with Gasteiger partial charge in [0.1, 0.15) is 5.75 Å². The number of unbranched alkanes of at least 4 members (excludes halogenated alkanes) is 13. The summed E-state index contributed by atoms with van der Waals surface area (Å²) >= 11 is 0. The standard InChI is InChI=1S/C25H42O3/c1-3-4-5-6-7-8-9-10-11-12-13-14-15-16-21-28-24-19-17-23(18-20-24)22-25(26)27-2/h17-20H,3-16,21-22H2,1-2H3. The molecule has 0 fully saturated rings. The first-order valence-electron chi connectivity index (χ1n) is 11.5. The van der Waals surface area contributed by atoms with Crippen LogP contribution in [-0.4, -0.2) is 19.7 Å². The summed E-state index contributed by atoms with van der Waals surface area (Å²) in [5.74, 6) is 0.666. The van der Waals surface area contributed by atoms with Crippen LogP contribution in [0, 0.1) is 0 Å². The monoisotopic (exact) mass is 390 g/mol. The summed E-state index contributed by atoms with van der Waals surface area (Å²) in [7, 11) is 1.41. The fourth-order valence-corrected chi connectivity index (χ4v) is 3.43. The van der Waals surface area contributed by atoms with E-state index in [0.29, 0.717) is 6.42 Å². The van der Waals surface area contributed by atoms with Gasteiger partial charge >= 0.3 is 5.97 Å². The minimum absolute atomic E-state index is 0.212. The van der Waals surface area contributed by atoms with Crippen LogP contribution in [0.5, 0.6) is 5.75 Å². The number of ether oxygens (including phenoxy) is 2. The summed E-state index contributed by atoms with van der Waals surface area (Å²) in [6.07, 6.45) is 19.5. The molecule has 0 aliphatic rings. The molecular formula is C25H42O3. The van der Waals surface area contributed by atoms with Gasteiger partial charge in [-0.3, -0.25) is 4.79 Å². The van der Waals surface area contributed by atoms with Crippen molar-refractivity contribution in [1.82, 2.24) is 0 Å². The Morgan fingerprint density at radius 3 is 1.64 bits per heavy atom. The summed E-state index contributed by atoms with van der Waals surface area (Å²) in [5, 5.41) is 0. The van der Waals surface area contributed by atoms with E-state index in [1.54, 1.807) is 0 Å². The molecule has 0 unspecified atom stereocenters. The number of carbonyl (C=O) groups is 1. The molecule has 0 saturated heterocycles. The smallest absolute Gasteiger partial charge is 0.309 e. The third-order valence-electron chi connectivity index (χ3n) is 5.27. The third-order valence-corrected chi connectivity index (χ3v) is 5.27. The maximum Gasteiger partial charge on any atom is 0.309 e. The molecule has 0 aliphatic heterocycles. The molecule has 0 saturated carbocycles. The van der Waals surface area contributed by atoms with Crippen LogP contribution in [0.3, 0.4) is 0 Å². The number of benzene rings is 1. The quantitative estimate of drug-likeness (QED) is 0.195. The Morgan fingerprint density at radius 2 is 1.18 bits per heavy atom. The van der Waals surface area contributed by atoms with Crippen molar-refractivity contribution in [2.24, 2.45) is 0 Å². The van der Waals surface area contributed by atoms with E-state index in [9.17, 15) is 4.79 Å². The summed E-state index contributed by atoms with van der Waals surface area (Å²) in [6, 6.07) is 7.72. The van der Waals surface area contributed by atoms with Gasteiger partial charge in [0.25, 0.3) is 0 Å². The molecular weight excluding hydrogens is 348 g/mol. The molecule has 0 amide bonds. The number of hydrogen-bond donors (Lipinski definition) is 0. The normalized spacial score (nSPS) is 10.8. The number of esters is 1. The molecule has 160 valence electrons. The average Bonchev–Trinajstić information content (AvgIpc) is 2.72. The number of carbonyl (C=O) groups excluding carboxylic acids is 1. The van der Waals surface area contributed by atoms with Gasteiger partial charge in [-0.25, -0.2) is 0 Å². The molecule has 0 bridgehead atoms. The largest absolute Gasteiger partial charge is 0.494 e. The molecule has 3 nitrogen and oxygen atoms in total. The Hall–Kier alpha value is -1.51. The Labute approximate surface area is 173 Å². The second-order valence-electron chi connectivity index (χ2n) is 7.84. The first kappa shape index (κ1) is 24.5. The van der Waals surface area contributed by atoms with Gasteiger partial charge in [-0.1, -0.05) is 103 Å². The summed E-state index contributed by atoms with van der Waals surface area (Å²) < 4.78 is 10.5. The van der Waals surface area contributed by atoms with Crippen molar-refractivity contribution in [3.8, 4) is 5.75 Å². The highest BCUT2D eigenvalue weighted by Gasteiger charge is 2.03. The predicted molar refractivity (Wildman–Crippen MR) is 118 cm³/mol. The molecule has 0 aliphatic carbocycles. The Balaban J connectivity index is 1.87. The van der Waals surface area contributed by atoms with E-state index in [2.05, 4.69) is 11.7 Å².